The molecule has 0 saturated heterocycles. The van der Waals surface area contributed by atoms with E-state index in [1.807, 2.05) is 13.8 Å². The van der Waals surface area contributed by atoms with Crippen molar-refractivity contribution in [3.05, 3.63) is 57.6 Å². The molecule has 0 aromatic heterocycles. The van der Waals surface area contributed by atoms with Gasteiger partial charge < -0.3 is 14.2 Å². The van der Waals surface area contributed by atoms with Gasteiger partial charge >= 0.3 is 5.97 Å². The lowest BCUT2D eigenvalue weighted by Gasteiger charge is -2.21. The van der Waals surface area contributed by atoms with Gasteiger partial charge in [-0.05, 0) is 45.0 Å². The summed E-state index contributed by atoms with van der Waals surface area (Å²) < 4.78 is 17.3. The second-order valence-corrected chi connectivity index (χ2v) is 7.42. The summed E-state index contributed by atoms with van der Waals surface area (Å²) in [7, 11) is 0. The predicted octanol–water partition coefficient (Wildman–Crippen LogP) is 3.97. The molecule has 30 heavy (non-hydrogen) atoms. The van der Waals surface area contributed by atoms with Gasteiger partial charge in [0.2, 0.25) is 0 Å². The molecule has 2 aromatic carbocycles. The van der Waals surface area contributed by atoms with Gasteiger partial charge in [0.15, 0.2) is 11.5 Å². The van der Waals surface area contributed by atoms with Gasteiger partial charge in [-0.2, -0.15) is 0 Å². The van der Waals surface area contributed by atoms with Crippen molar-refractivity contribution in [3.8, 4) is 11.5 Å². The first-order valence-corrected chi connectivity index (χ1v) is 10.4. The fourth-order valence-corrected chi connectivity index (χ4v) is 3.60. The molecule has 2 aromatic rings. The smallest absolute Gasteiger partial charge is 0.329 e. The standard InChI is InChI=1S/C22H22BrNO6/c1-4-28-18-10-14(17(23)11-19(18)29-5-2)12-30-22(27)13(3)24-20(25)15-8-6-7-9-16(15)21(24)26/h6-11,13H,4-5,12H2,1-3H3. The maximum absolute atomic E-state index is 12.6. The van der Waals surface area contributed by atoms with Crippen LogP contribution in [0.3, 0.4) is 0 Å². The lowest BCUT2D eigenvalue weighted by atomic mass is 10.1. The first-order chi connectivity index (χ1) is 14.4. The number of rotatable bonds is 8. The van der Waals surface area contributed by atoms with Crippen molar-refractivity contribution in [2.75, 3.05) is 13.2 Å². The topological polar surface area (TPSA) is 82.1 Å². The Labute approximate surface area is 183 Å². The van der Waals surface area contributed by atoms with E-state index in [-0.39, 0.29) is 17.7 Å². The monoisotopic (exact) mass is 475 g/mol. The zero-order valence-electron chi connectivity index (χ0n) is 16.9. The largest absolute Gasteiger partial charge is 0.490 e. The van der Waals surface area contributed by atoms with E-state index in [1.54, 1.807) is 36.4 Å². The van der Waals surface area contributed by atoms with Crippen molar-refractivity contribution in [2.45, 2.75) is 33.4 Å². The van der Waals surface area contributed by atoms with E-state index in [1.165, 1.54) is 6.92 Å². The molecule has 0 bridgehead atoms. The van der Waals surface area contributed by atoms with Crippen molar-refractivity contribution in [3.63, 3.8) is 0 Å². The lowest BCUT2D eigenvalue weighted by Crippen LogP contribution is -2.43. The molecule has 158 valence electrons. The molecule has 3 rings (SSSR count). The van der Waals surface area contributed by atoms with Gasteiger partial charge in [-0.15, -0.1) is 0 Å². The van der Waals surface area contributed by atoms with Crippen molar-refractivity contribution < 1.29 is 28.6 Å². The highest BCUT2D eigenvalue weighted by atomic mass is 79.9. The van der Waals surface area contributed by atoms with Crippen molar-refractivity contribution in [1.82, 2.24) is 4.90 Å². The molecule has 0 radical (unpaired) electrons. The number of hydrogen-bond donors (Lipinski definition) is 0. The fraction of sp³-hybridized carbons (Fsp3) is 0.318. The van der Waals surface area contributed by atoms with E-state index in [2.05, 4.69) is 15.9 Å². The molecule has 1 heterocycles. The van der Waals surface area contributed by atoms with Crippen LogP contribution >= 0.6 is 15.9 Å². The van der Waals surface area contributed by atoms with Crippen molar-refractivity contribution in [1.29, 1.82) is 0 Å². The van der Waals surface area contributed by atoms with Gasteiger partial charge in [0.1, 0.15) is 12.6 Å². The maximum atomic E-state index is 12.6. The Kier molecular flexibility index (Phi) is 6.77. The number of carbonyl (C=O) groups excluding carboxylic acids is 3. The number of benzene rings is 2. The minimum Gasteiger partial charge on any atom is -0.490 e. The summed E-state index contributed by atoms with van der Waals surface area (Å²) in [5, 5.41) is 0. The SMILES string of the molecule is CCOc1cc(Br)c(COC(=O)C(C)N2C(=O)c3ccccc3C2=O)cc1OCC. The highest BCUT2D eigenvalue weighted by Crippen LogP contribution is 2.34. The number of fused-ring (bicyclic) bond motifs is 1. The molecular weight excluding hydrogens is 454 g/mol. The Morgan fingerprint density at radius 2 is 1.53 bits per heavy atom. The van der Waals surface area contributed by atoms with Crippen LogP contribution < -0.4 is 9.47 Å². The number of ether oxygens (including phenoxy) is 3. The van der Waals surface area contributed by atoms with Crippen LogP contribution in [0, 0.1) is 0 Å². The minimum absolute atomic E-state index is 0.0561. The molecule has 1 unspecified atom stereocenters. The average Bonchev–Trinajstić information content (AvgIpc) is 2.99. The van der Waals surface area contributed by atoms with E-state index in [9.17, 15) is 14.4 Å². The molecule has 2 amide bonds. The second-order valence-electron chi connectivity index (χ2n) is 6.57. The number of nitrogens with zero attached hydrogens (tertiary/aromatic N) is 1. The van der Waals surface area contributed by atoms with Crippen LogP contribution in [0.4, 0.5) is 0 Å². The summed E-state index contributed by atoms with van der Waals surface area (Å²) in [4.78, 5) is 38.6. The third kappa shape index (κ3) is 4.18. The molecule has 0 aliphatic carbocycles. The summed E-state index contributed by atoms with van der Waals surface area (Å²) in [6, 6.07) is 8.93. The zero-order chi connectivity index (χ0) is 21.8. The van der Waals surface area contributed by atoms with Gasteiger partial charge in [0.25, 0.3) is 11.8 Å². The zero-order valence-corrected chi connectivity index (χ0v) is 18.5. The molecule has 0 saturated carbocycles. The summed E-state index contributed by atoms with van der Waals surface area (Å²) in [6.07, 6.45) is 0. The number of amides is 2. The number of imide groups is 1. The van der Waals surface area contributed by atoms with E-state index in [4.69, 9.17) is 14.2 Å². The van der Waals surface area contributed by atoms with Crippen molar-refractivity contribution in [2.24, 2.45) is 0 Å². The van der Waals surface area contributed by atoms with Gasteiger partial charge in [-0.1, -0.05) is 28.1 Å². The fourth-order valence-electron chi connectivity index (χ4n) is 3.16. The van der Waals surface area contributed by atoms with Gasteiger partial charge in [-0.25, -0.2) is 4.79 Å². The van der Waals surface area contributed by atoms with Crippen LogP contribution in [-0.4, -0.2) is 41.9 Å². The summed E-state index contributed by atoms with van der Waals surface area (Å²) >= 11 is 3.45. The third-order valence-corrected chi connectivity index (χ3v) is 5.37. The summed E-state index contributed by atoms with van der Waals surface area (Å²) in [5.74, 6) is -0.548. The number of carbonyl (C=O) groups is 3. The molecule has 7 nitrogen and oxygen atoms in total. The van der Waals surface area contributed by atoms with E-state index in [0.717, 1.165) is 4.90 Å². The molecule has 8 heteroatoms. The summed E-state index contributed by atoms with van der Waals surface area (Å²) in [6.45, 7) is 6.10. The average molecular weight is 476 g/mol. The Hall–Kier alpha value is -2.87. The quantitative estimate of drug-likeness (QED) is 0.424. The molecular formula is C22H22BrNO6. The second kappa shape index (κ2) is 9.30. The van der Waals surface area contributed by atoms with Crippen LogP contribution in [0.15, 0.2) is 40.9 Å². The molecule has 0 fully saturated rings. The van der Waals surface area contributed by atoms with Gasteiger partial charge in [-0.3, -0.25) is 14.5 Å². The molecule has 0 spiro atoms. The molecule has 0 N–H and O–H groups in total. The number of halogens is 1. The Morgan fingerprint density at radius 3 is 2.07 bits per heavy atom. The number of hydrogen-bond acceptors (Lipinski definition) is 6. The van der Waals surface area contributed by atoms with Crippen LogP contribution in [0.25, 0.3) is 0 Å². The maximum Gasteiger partial charge on any atom is 0.329 e. The number of esters is 1. The van der Waals surface area contributed by atoms with E-state index in [0.29, 0.717) is 34.7 Å². The third-order valence-electron chi connectivity index (χ3n) is 4.64. The Balaban J connectivity index is 1.72. The predicted molar refractivity (Wildman–Crippen MR) is 113 cm³/mol. The van der Waals surface area contributed by atoms with Crippen LogP contribution in [0.5, 0.6) is 11.5 Å². The first-order valence-electron chi connectivity index (χ1n) is 9.60. The first kappa shape index (κ1) is 21.8. The molecule has 1 aliphatic heterocycles. The summed E-state index contributed by atoms with van der Waals surface area (Å²) in [5.41, 5.74) is 1.25. The lowest BCUT2D eigenvalue weighted by molar-refractivity contribution is -0.149. The van der Waals surface area contributed by atoms with E-state index < -0.39 is 23.8 Å². The highest BCUT2D eigenvalue weighted by Gasteiger charge is 2.41. The van der Waals surface area contributed by atoms with Crippen molar-refractivity contribution >= 4 is 33.7 Å². The normalized spacial score (nSPS) is 13.8. The Morgan fingerprint density at radius 1 is 1.00 bits per heavy atom. The van der Waals surface area contributed by atoms with E-state index >= 15 is 0 Å². The minimum atomic E-state index is -1.05. The van der Waals surface area contributed by atoms with Gasteiger partial charge in [0, 0.05) is 10.0 Å². The van der Waals surface area contributed by atoms with Gasteiger partial charge in [0.05, 0.1) is 24.3 Å². The Bertz CT molecular complexity index is 955. The highest BCUT2D eigenvalue weighted by molar-refractivity contribution is 9.10. The van der Waals surface area contributed by atoms with Crippen LogP contribution in [0.1, 0.15) is 47.1 Å². The molecule has 1 aliphatic rings. The van der Waals surface area contributed by atoms with Crippen LogP contribution in [-0.2, 0) is 16.1 Å². The molecule has 1 atom stereocenters. The van der Waals surface area contributed by atoms with Crippen LogP contribution in [0.2, 0.25) is 0 Å².